The van der Waals surface area contributed by atoms with Gasteiger partial charge in [0.25, 0.3) is 0 Å². The van der Waals surface area contributed by atoms with Crippen LogP contribution in [0.1, 0.15) is 27.2 Å². The zero-order valence-electron chi connectivity index (χ0n) is 11.0. The minimum Gasteiger partial charge on any atom is -0.358 e. The molecule has 0 spiro atoms. The third-order valence-electron chi connectivity index (χ3n) is 2.70. The fourth-order valence-electron chi connectivity index (χ4n) is 1.55. The van der Waals surface area contributed by atoms with Gasteiger partial charge in [-0.25, -0.2) is 4.98 Å². The van der Waals surface area contributed by atoms with E-state index in [-0.39, 0.29) is 0 Å². The first-order valence-electron chi connectivity index (χ1n) is 6.06. The van der Waals surface area contributed by atoms with Gasteiger partial charge in [-0.2, -0.15) is 4.98 Å². The average molecular weight is 301 g/mol. The van der Waals surface area contributed by atoms with Gasteiger partial charge in [0.15, 0.2) is 0 Å². The molecule has 0 fully saturated rings. The summed E-state index contributed by atoms with van der Waals surface area (Å²) in [6.07, 6.45) is 2.97. The van der Waals surface area contributed by atoms with Crippen LogP contribution in [0.2, 0.25) is 0 Å². The highest BCUT2D eigenvalue weighted by Crippen LogP contribution is 2.24. The van der Waals surface area contributed by atoms with Crippen LogP contribution in [0.25, 0.3) is 0 Å². The molecule has 1 atom stereocenters. The first-order chi connectivity index (χ1) is 8.08. The summed E-state index contributed by atoms with van der Waals surface area (Å²) in [4.78, 5) is 10.9. The lowest BCUT2D eigenvalue weighted by atomic mass is 10.1. The van der Waals surface area contributed by atoms with Gasteiger partial charge in [-0.3, -0.25) is 0 Å². The van der Waals surface area contributed by atoms with Crippen molar-refractivity contribution >= 4 is 27.7 Å². The summed E-state index contributed by atoms with van der Waals surface area (Å²) in [5.41, 5.74) is 0. The number of rotatable bonds is 6. The lowest BCUT2D eigenvalue weighted by Gasteiger charge is -2.23. The second-order valence-corrected chi connectivity index (χ2v) is 5.14. The third kappa shape index (κ3) is 4.15. The van der Waals surface area contributed by atoms with Crippen LogP contribution in [0.5, 0.6) is 0 Å². The molecule has 0 amide bonds. The summed E-state index contributed by atoms with van der Waals surface area (Å²) >= 11 is 3.50. The molecule has 1 heterocycles. The summed E-state index contributed by atoms with van der Waals surface area (Å²) in [5.74, 6) is 2.28. The standard InChI is InChI=1S/C12H21BrN4/c1-5-9(3)8-17(4)11-10(13)7-15-12(16-11)14-6-2/h7,9H,5-6,8H2,1-4H3,(H,14,15,16). The maximum Gasteiger partial charge on any atom is 0.224 e. The largest absolute Gasteiger partial charge is 0.358 e. The molecule has 1 rings (SSSR count). The molecule has 96 valence electrons. The molecule has 0 aliphatic carbocycles. The summed E-state index contributed by atoms with van der Waals surface area (Å²) in [7, 11) is 2.06. The first-order valence-corrected chi connectivity index (χ1v) is 6.85. The maximum atomic E-state index is 4.51. The Kier molecular flexibility index (Phi) is 5.68. The van der Waals surface area contributed by atoms with Crippen LogP contribution >= 0.6 is 15.9 Å². The van der Waals surface area contributed by atoms with E-state index in [2.05, 4.69) is 57.0 Å². The van der Waals surface area contributed by atoms with Gasteiger partial charge >= 0.3 is 0 Å². The summed E-state index contributed by atoms with van der Waals surface area (Å²) in [5, 5.41) is 3.13. The van der Waals surface area contributed by atoms with Crippen molar-refractivity contribution in [2.24, 2.45) is 5.92 Å². The van der Waals surface area contributed by atoms with Gasteiger partial charge in [-0.05, 0) is 28.8 Å². The SMILES string of the molecule is CCNc1ncc(Br)c(N(C)CC(C)CC)n1. The molecule has 4 nitrogen and oxygen atoms in total. The highest BCUT2D eigenvalue weighted by atomic mass is 79.9. The predicted molar refractivity (Wildman–Crippen MR) is 76.6 cm³/mol. The lowest BCUT2D eigenvalue weighted by molar-refractivity contribution is 0.557. The van der Waals surface area contributed by atoms with Crippen molar-refractivity contribution in [1.29, 1.82) is 0 Å². The molecule has 0 saturated carbocycles. The number of aromatic nitrogens is 2. The van der Waals surface area contributed by atoms with Crippen LogP contribution in [0, 0.1) is 5.92 Å². The Morgan fingerprint density at radius 3 is 2.76 bits per heavy atom. The van der Waals surface area contributed by atoms with Crippen LogP contribution in [0.3, 0.4) is 0 Å². The van der Waals surface area contributed by atoms with E-state index in [0.29, 0.717) is 11.9 Å². The Hall–Kier alpha value is -0.840. The van der Waals surface area contributed by atoms with Gasteiger partial charge in [-0.15, -0.1) is 0 Å². The molecule has 1 aromatic rings. The van der Waals surface area contributed by atoms with Crippen molar-refractivity contribution in [3.05, 3.63) is 10.7 Å². The summed E-state index contributed by atoms with van der Waals surface area (Å²) in [6, 6.07) is 0. The van der Waals surface area contributed by atoms with E-state index in [9.17, 15) is 0 Å². The number of hydrogen-bond donors (Lipinski definition) is 1. The van der Waals surface area contributed by atoms with Crippen LogP contribution in [-0.4, -0.2) is 30.1 Å². The third-order valence-corrected chi connectivity index (χ3v) is 3.26. The Labute approximate surface area is 112 Å². The van der Waals surface area contributed by atoms with Gasteiger partial charge in [0.1, 0.15) is 5.82 Å². The average Bonchev–Trinajstić information content (AvgIpc) is 2.31. The molecule has 0 aliphatic heterocycles. The van der Waals surface area contributed by atoms with Gasteiger partial charge in [0.05, 0.1) is 4.47 Å². The molecule has 0 radical (unpaired) electrons. The second kappa shape index (κ2) is 6.79. The van der Waals surface area contributed by atoms with E-state index in [1.807, 2.05) is 6.92 Å². The van der Waals surface area contributed by atoms with Crippen molar-refractivity contribution in [2.75, 3.05) is 30.4 Å². The molecule has 1 unspecified atom stereocenters. The van der Waals surface area contributed by atoms with Crippen molar-refractivity contribution in [3.8, 4) is 0 Å². The Morgan fingerprint density at radius 2 is 2.18 bits per heavy atom. The van der Waals surface area contributed by atoms with Gasteiger partial charge < -0.3 is 10.2 Å². The molecule has 0 bridgehead atoms. The number of hydrogen-bond acceptors (Lipinski definition) is 4. The van der Waals surface area contributed by atoms with E-state index in [0.717, 1.165) is 23.4 Å². The second-order valence-electron chi connectivity index (χ2n) is 4.29. The Morgan fingerprint density at radius 1 is 1.47 bits per heavy atom. The maximum absolute atomic E-state index is 4.51. The lowest BCUT2D eigenvalue weighted by Crippen LogP contribution is -2.25. The van der Waals surface area contributed by atoms with Crippen LogP contribution in [0.4, 0.5) is 11.8 Å². The van der Waals surface area contributed by atoms with E-state index >= 15 is 0 Å². The molecule has 5 heteroatoms. The molecular formula is C12H21BrN4. The number of nitrogens with zero attached hydrogens (tertiary/aromatic N) is 3. The molecule has 1 aromatic heterocycles. The van der Waals surface area contributed by atoms with Crippen LogP contribution in [0.15, 0.2) is 10.7 Å². The first kappa shape index (κ1) is 14.2. The highest BCUT2D eigenvalue weighted by molar-refractivity contribution is 9.10. The topological polar surface area (TPSA) is 41.1 Å². The quantitative estimate of drug-likeness (QED) is 0.876. The van der Waals surface area contributed by atoms with Crippen molar-refractivity contribution < 1.29 is 0 Å². The van der Waals surface area contributed by atoms with Crippen molar-refractivity contribution in [3.63, 3.8) is 0 Å². The molecule has 17 heavy (non-hydrogen) atoms. The van der Waals surface area contributed by atoms with E-state index in [1.54, 1.807) is 6.20 Å². The van der Waals surface area contributed by atoms with Gasteiger partial charge in [-0.1, -0.05) is 20.3 Å². The van der Waals surface area contributed by atoms with Gasteiger partial charge in [0.2, 0.25) is 5.95 Å². The predicted octanol–water partition coefficient (Wildman–Crippen LogP) is 3.15. The van der Waals surface area contributed by atoms with E-state index < -0.39 is 0 Å². The smallest absolute Gasteiger partial charge is 0.224 e. The Balaban J connectivity index is 2.83. The fraction of sp³-hybridized carbons (Fsp3) is 0.667. The van der Waals surface area contributed by atoms with Crippen LogP contribution in [-0.2, 0) is 0 Å². The molecule has 0 aliphatic rings. The van der Waals surface area contributed by atoms with Crippen LogP contribution < -0.4 is 10.2 Å². The van der Waals surface area contributed by atoms with E-state index in [1.165, 1.54) is 6.42 Å². The normalized spacial score (nSPS) is 12.3. The zero-order valence-corrected chi connectivity index (χ0v) is 12.6. The Bertz CT molecular complexity index is 356. The van der Waals surface area contributed by atoms with Crippen molar-refractivity contribution in [2.45, 2.75) is 27.2 Å². The van der Waals surface area contributed by atoms with Gasteiger partial charge in [0, 0.05) is 26.3 Å². The summed E-state index contributed by atoms with van der Waals surface area (Å²) < 4.78 is 0.935. The minimum absolute atomic E-state index is 0.657. The number of anilines is 2. The molecule has 0 aromatic carbocycles. The number of nitrogens with one attached hydrogen (secondary N) is 1. The molecule has 1 N–H and O–H groups in total. The molecule has 0 saturated heterocycles. The highest BCUT2D eigenvalue weighted by Gasteiger charge is 2.11. The van der Waals surface area contributed by atoms with E-state index in [4.69, 9.17) is 0 Å². The monoisotopic (exact) mass is 300 g/mol. The molecular weight excluding hydrogens is 280 g/mol. The zero-order chi connectivity index (χ0) is 12.8. The summed E-state index contributed by atoms with van der Waals surface area (Å²) in [6.45, 7) is 8.32. The van der Waals surface area contributed by atoms with Crippen molar-refractivity contribution in [1.82, 2.24) is 9.97 Å². The minimum atomic E-state index is 0.657. The number of halogens is 1. The fourth-order valence-corrected chi connectivity index (χ4v) is 2.05.